The molecule has 0 amide bonds. The predicted octanol–water partition coefficient (Wildman–Crippen LogP) is 2.41. The molecule has 2 aromatic rings. The molecule has 2 rings (SSSR count). The van der Waals surface area contributed by atoms with E-state index >= 15 is 0 Å². The minimum Gasteiger partial charge on any atom is -0.385 e. The molecule has 3 nitrogen and oxygen atoms in total. The summed E-state index contributed by atoms with van der Waals surface area (Å²) in [5.41, 5.74) is 1.15. The second-order valence-electron chi connectivity index (χ2n) is 4.26. The van der Waals surface area contributed by atoms with Crippen LogP contribution in [0.1, 0.15) is 18.9 Å². The summed E-state index contributed by atoms with van der Waals surface area (Å²) in [6.45, 7) is 2.38. The van der Waals surface area contributed by atoms with Crippen LogP contribution in [0.15, 0.2) is 30.5 Å². The first-order valence-electron chi connectivity index (χ1n) is 5.43. The molecule has 0 aliphatic heterocycles. The van der Waals surface area contributed by atoms with E-state index < -0.39 is 5.60 Å². The molecule has 0 radical (unpaired) electrons. The van der Waals surface area contributed by atoms with Gasteiger partial charge in [0, 0.05) is 37.2 Å². The van der Waals surface area contributed by atoms with Crippen LogP contribution in [-0.4, -0.2) is 23.8 Å². The first-order chi connectivity index (χ1) is 7.65. The number of aromatic nitrogens is 1. The monoisotopic (exact) mass is 219 g/mol. The summed E-state index contributed by atoms with van der Waals surface area (Å²) < 4.78 is 5.02. The van der Waals surface area contributed by atoms with Crippen LogP contribution in [-0.2, 0) is 10.3 Å². The van der Waals surface area contributed by atoms with Gasteiger partial charge < -0.3 is 14.8 Å². The van der Waals surface area contributed by atoms with Gasteiger partial charge in [0.25, 0.3) is 0 Å². The van der Waals surface area contributed by atoms with Crippen LogP contribution in [0.2, 0.25) is 0 Å². The fraction of sp³-hybridized carbons (Fsp3) is 0.385. The fourth-order valence-electron chi connectivity index (χ4n) is 1.99. The fourth-order valence-corrected chi connectivity index (χ4v) is 1.99. The maximum atomic E-state index is 10.4. The van der Waals surface area contributed by atoms with Crippen molar-refractivity contribution in [3.8, 4) is 0 Å². The van der Waals surface area contributed by atoms with Crippen molar-refractivity contribution in [1.29, 1.82) is 0 Å². The Labute approximate surface area is 95.1 Å². The number of hydrogen-bond donors (Lipinski definition) is 2. The number of H-pyrrole nitrogens is 1. The largest absolute Gasteiger partial charge is 0.385 e. The molecule has 0 spiro atoms. The van der Waals surface area contributed by atoms with E-state index in [2.05, 4.69) is 4.98 Å². The van der Waals surface area contributed by atoms with E-state index in [0.717, 1.165) is 16.5 Å². The summed E-state index contributed by atoms with van der Waals surface area (Å²) in [5.74, 6) is 0. The van der Waals surface area contributed by atoms with E-state index in [-0.39, 0.29) is 0 Å². The molecular formula is C13H17NO2. The van der Waals surface area contributed by atoms with Gasteiger partial charge in [-0.05, 0) is 24.6 Å². The number of fused-ring (bicyclic) bond motifs is 1. The van der Waals surface area contributed by atoms with Gasteiger partial charge in [0.15, 0.2) is 0 Å². The Morgan fingerprint density at radius 3 is 2.94 bits per heavy atom. The Hall–Kier alpha value is -1.32. The first kappa shape index (κ1) is 11.2. The molecule has 1 heterocycles. The lowest BCUT2D eigenvalue weighted by molar-refractivity contribution is 0.0223. The average Bonchev–Trinajstić information content (AvgIpc) is 2.73. The van der Waals surface area contributed by atoms with Gasteiger partial charge in [0.2, 0.25) is 0 Å². The lowest BCUT2D eigenvalue weighted by atomic mass is 9.90. The van der Waals surface area contributed by atoms with Crippen LogP contribution in [0.25, 0.3) is 10.9 Å². The third kappa shape index (κ3) is 1.96. The molecule has 3 heteroatoms. The molecule has 1 atom stereocenters. The van der Waals surface area contributed by atoms with Crippen molar-refractivity contribution in [2.45, 2.75) is 18.9 Å². The molecule has 0 aliphatic carbocycles. The maximum absolute atomic E-state index is 10.4. The molecule has 0 fully saturated rings. The number of ether oxygens (including phenoxy) is 1. The topological polar surface area (TPSA) is 45.2 Å². The van der Waals surface area contributed by atoms with Crippen LogP contribution in [0.4, 0.5) is 0 Å². The highest BCUT2D eigenvalue weighted by molar-refractivity contribution is 5.83. The summed E-state index contributed by atoms with van der Waals surface area (Å²) in [7, 11) is 1.65. The second-order valence-corrected chi connectivity index (χ2v) is 4.26. The van der Waals surface area contributed by atoms with Gasteiger partial charge in [-0.25, -0.2) is 0 Å². The third-order valence-corrected chi connectivity index (χ3v) is 2.97. The number of rotatable bonds is 4. The van der Waals surface area contributed by atoms with Crippen LogP contribution in [0, 0.1) is 0 Å². The highest BCUT2D eigenvalue weighted by atomic mass is 16.5. The van der Waals surface area contributed by atoms with Crippen molar-refractivity contribution in [3.63, 3.8) is 0 Å². The van der Waals surface area contributed by atoms with Crippen molar-refractivity contribution < 1.29 is 9.84 Å². The van der Waals surface area contributed by atoms with E-state index in [1.165, 1.54) is 0 Å². The van der Waals surface area contributed by atoms with Gasteiger partial charge in [0.05, 0.1) is 5.60 Å². The number of aromatic amines is 1. The van der Waals surface area contributed by atoms with Gasteiger partial charge in [-0.1, -0.05) is 12.1 Å². The van der Waals surface area contributed by atoms with Gasteiger partial charge >= 0.3 is 0 Å². The Morgan fingerprint density at radius 1 is 1.38 bits per heavy atom. The Kier molecular flexibility index (Phi) is 2.99. The smallest absolute Gasteiger partial charge is 0.0897 e. The number of benzene rings is 1. The summed E-state index contributed by atoms with van der Waals surface area (Å²) in [5, 5.41) is 11.5. The standard InChI is InChI=1S/C13H17NO2/c1-13(15,7-9-16-2)11-4-3-5-12-10(11)6-8-14-12/h3-6,8,14-15H,7,9H2,1-2H3. The summed E-state index contributed by atoms with van der Waals surface area (Å²) in [6.07, 6.45) is 2.48. The van der Waals surface area contributed by atoms with Crippen LogP contribution >= 0.6 is 0 Å². The molecule has 16 heavy (non-hydrogen) atoms. The zero-order chi connectivity index (χ0) is 11.6. The van der Waals surface area contributed by atoms with Crippen molar-refractivity contribution in [2.75, 3.05) is 13.7 Å². The zero-order valence-electron chi connectivity index (χ0n) is 9.66. The van der Waals surface area contributed by atoms with Gasteiger partial charge in [-0.15, -0.1) is 0 Å². The molecule has 0 aliphatic rings. The van der Waals surface area contributed by atoms with Crippen molar-refractivity contribution in [1.82, 2.24) is 4.98 Å². The molecule has 0 saturated carbocycles. The molecular weight excluding hydrogens is 202 g/mol. The number of nitrogens with one attached hydrogen (secondary N) is 1. The summed E-state index contributed by atoms with van der Waals surface area (Å²) in [4.78, 5) is 3.15. The van der Waals surface area contributed by atoms with Crippen molar-refractivity contribution >= 4 is 10.9 Å². The van der Waals surface area contributed by atoms with E-state index in [1.54, 1.807) is 7.11 Å². The average molecular weight is 219 g/mol. The van der Waals surface area contributed by atoms with E-state index in [9.17, 15) is 5.11 Å². The van der Waals surface area contributed by atoms with Crippen LogP contribution in [0.5, 0.6) is 0 Å². The summed E-state index contributed by atoms with van der Waals surface area (Å²) in [6, 6.07) is 7.92. The van der Waals surface area contributed by atoms with E-state index in [0.29, 0.717) is 13.0 Å². The quantitative estimate of drug-likeness (QED) is 0.829. The molecule has 0 bridgehead atoms. The van der Waals surface area contributed by atoms with Crippen molar-refractivity contribution in [3.05, 3.63) is 36.0 Å². The normalized spacial score (nSPS) is 15.2. The predicted molar refractivity (Wildman–Crippen MR) is 64.4 cm³/mol. The first-order valence-corrected chi connectivity index (χ1v) is 5.43. The molecule has 2 N–H and O–H groups in total. The Balaban J connectivity index is 2.41. The highest BCUT2D eigenvalue weighted by Gasteiger charge is 2.24. The maximum Gasteiger partial charge on any atom is 0.0897 e. The summed E-state index contributed by atoms with van der Waals surface area (Å²) >= 11 is 0. The zero-order valence-corrected chi connectivity index (χ0v) is 9.66. The highest BCUT2D eigenvalue weighted by Crippen LogP contribution is 2.30. The van der Waals surface area contributed by atoms with Gasteiger partial charge in [-0.3, -0.25) is 0 Å². The number of methoxy groups -OCH3 is 1. The third-order valence-electron chi connectivity index (χ3n) is 2.97. The van der Waals surface area contributed by atoms with E-state index in [4.69, 9.17) is 4.74 Å². The molecule has 1 unspecified atom stereocenters. The van der Waals surface area contributed by atoms with Crippen LogP contribution < -0.4 is 0 Å². The lowest BCUT2D eigenvalue weighted by Gasteiger charge is -2.24. The molecule has 1 aromatic heterocycles. The lowest BCUT2D eigenvalue weighted by Crippen LogP contribution is -2.23. The SMILES string of the molecule is COCCC(C)(O)c1cccc2[nH]ccc12. The number of hydrogen-bond acceptors (Lipinski definition) is 2. The Morgan fingerprint density at radius 2 is 2.19 bits per heavy atom. The van der Waals surface area contributed by atoms with Crippen LogP contribution in [0.3, 0.4) is 0 Å². The second kappa shape index (κ2) is 4.28. The minimum absolute atomic E-state index is 0.549. The van der Waals surface area contributed by atoms with Gasteiger partial charge in [0.1, 0.15) is 0 Å². The molecule has 86 valence electrons. The Bertz CT molecular complexity index is 473. The molecule has 1 aromatic carbocycles. The minimum atomic E-state index is -0.849. The molecule has 0 saturated heterocycles. The van der Waals surface area contributed by atoms with Gasteiger partial charge in [-0.2, -0.15) is 0 Å². The van der Waals surface area contributed by atoms with Crippen molar-refractivity contribution in [2.24, 2.45) is 0 Å². The number of aliphatic hydroxyl groups is 1. The van der Waals surface area contributed by atoms with E-state index in [1.807, 2.05) is 37.4 Å².